The quantitative estimate of drug-likeness (QED) is 0.559. The fraction of sp³-hybridized carbons (Fsp3) is 0.458. The number of anilines is 2. The number of carbonyl (C=O) groups is 1. The highest BCUT2D eigenvalue weighted by molar-refractivity contribution is 5.87. The number of nitrogens with zero attached hydrogens (tertiary/aromatic N) is 4. The maximum absolute atomic E-state index is 14.3. The molecule has 1 unspecified atom stereocenters. The minimum Gasteiger partial charge on any atom is -0.492 e. The number of nitrogens with one attached hydrogen (secondary N) is 1. The van der Waals surface area contributed by atoms with Crippen LogP contribution in [0.2, 0.25) is 0 Å². The molecule has 2 fully saturated rings. The summed E-state index contributed by atoms with van der Waals surface area (Å²) in [7, 11) is 0. The summed E-state index contributed by atoms with van der Waals surface area (Å²) in [6, 6.07) is 7.43. The van der Waals surface area contributed by atoms with E-state index >= 15 is 0 Å². The number of rotatable bonds is 9. The first kappa shape index (κ1) is 23.9. The number of benzene rings is 1. The van der Waals surface area contributed by atoms with Crippen molar-refractivity contribution < 1.29 is 23.4 Å². The molecule has 2 saturated heterocycles. The van der Waals surface area contributed by atoms with Crippen molar-refractivity contribution in [3.63, 3.8) is 0 Å². The van der Waals surface area contributed by atoms with Gasteiger partial charge >= 0.3 is 0 Å². The van der Waals surface area contributed by atoms with Gasteiger partial charge in [0, 0.05) is 37.9 Å². The van der Waals surface area contributed by atoms with E-state index in [2.05, 4.69) is 26.8 Å². The standard InChI is InChI=1S/C24H30FN5O4/c1-2-22(31)30-8-4-7-20(17-30)34-23-21(25)16-26-24(28-23)27-18-5-3-6-19(15-18)33-14-11-29-9-12-32-13-10-29/h2-3,5-6,15-16,20H,1,4,7-14,17H2,(H,26,27,28). The van der Waals surface area contributed by atoms with Crippen LogP contribution in [0.15, 0.2) is 43.1 Å². The number of piperidine rings is 1. The Kier molecular flexibility index (Phi) is 8.26. The number of halogens is 1. The van der Waals surface area contributed by atoms with Crippen molar-refractivity contribution in [2.24, 2.45) is 0 Å². The third-order valence-electron chi connectivity index (χ3n) is 5.72. The maximum Gasteiger partial charge on any atom is 0.255 e. The molecular formula is C24H30FN5O4. The van der Waals surface area contributed by atoms with Crippen LogP contribution in [0.4, 0.5) is 16.0 Å². The van der Waals surface area contributed by atoms with Gasteiger partial charge < -0.3 is 24.4 Å². The first-order valence-corrected chi connectivity index (χ1v) is 11.5. The zero-order valence-corrected chi connectivity index (χ0v) is 19.1. The molecule has 1 amide bonds. The first-order chi connectivity index (χ1) is 16.6. The second-order valence-electron chi connectivity index (χ2n) is 8.17. The number of aromatic nitrogens is 2. The van der Waals surface area contributed by atoms with Crippen LogP contribution in [0.3, 0.4) is 0 Å². The van der Waals surface area contributed by atoms with E-state index in [1.54, 1.807) is 4.90 Å². The summed E-state index contributed by atoms with van der Waals surface area (Å²) in [5.41, 5.74) is 0.710. The van der Waals surface area contributed by atoms with Crippen LogP contribution < -0.4 is 14.8 Å². The fourth-order valence-electron chi connectivity index (χ4n) is 3.93. The van der Waals surface area contributed by atoms with Crippen molar-refractivity contribution in [3.8, 4) is 11.6 Å². The highest BCUT2D eigenvalue weighted by Gasteiger charge is 2.25. The van der Waals surface area contributed by atoms with Gasteiger partial charge in [-0.05, 0) is 31.1 Å². The highest BCUT2D eigenvalue weighted by atomic mass is 19.1. The SMILES string of the molecule is C=CC(=O)N1CCCC(Oc2nc(Nc3cccc(OCCN4CCOCC4)c3)ncc2F)C1. The molecule has 1 atom stereocenters. The van der Waals surface area contributed by atoms with Gasteiger partial charge in [0.25, 0.3) is 5.88 Å². The van der Waals surface area contributed by atoms with E-state index in [1.165, 1.54) is 6.08 Å². The number of hydrogen-bond donors (Lipinski definition) is 1. The average Bonchev–Trinajstić information content (AvgIpc) is 2.87. The lowest BCUT2D eigenvalue weighted by atomic mass is 10.1. The molecule has 0 radical (unpaired) electrons. The van der Waals surface area contributed by atoms with Gasteiger partial charge in [-0.25, -0.2) is 4.98 Å². The molecule has 0 saturated carbocycles. The summed E-state index contributed by atoms with van der Waals surface area (Å²) in [5.74, 6) is -0.0418. The van der Waals surface area contributed by atoms with Gasteiger partial charge in [0.2, 0.25) is 17.7 Å². The van der Waals surface area contributed by atoms with Crippen LogP contribution in [-0.4, -0.2) is 84.3 Å². The van der Waals surface area contributed by atoms with Gasteiger partial charge in [0.1, 0.15) is 18.5 Å². The third-order valence-corrected chi connectivity index (χ3v) is 5.72. The third kappa shape index (κ3) is 6.64. The number of morpholine rings is 1. The molecule has 2 aliphatic rings. The summed E-state index contributed by atoms with van der Waals surface area (Å²) in [6.07, 6.45) is 3.47. The molecule has 1 aromatic carbocycles. The second kappa shape index (κ2) is 11.8. The minimum atomic E-state index is -0.655. The van der Waals surface area contributed by atoms with Gasteiger partial charge in [0.05, 0.1) is 26.0 Å². The Labute approximate surface area is 198 Å². The van der Waals surface area contributed by atoms with Crippen molar-refractivity contribution in [1.82, 2.24) is 19.8 Å². The van der Waals surface area contributed by atoms with E-state index in [0.717, 1.165) is 45.5 Å². The van der Waals surface area contributed by atoms with Crippen LogP contribution in [0.5, 0.6) is 11.6 Å². The molecule has 0 spiro atoms. The van der Waals surface area contributed by atoms with Gasteiger partial charge in [-0.1, -0.05) is 12.6 Å². The smallest absolute Gasteiger partial charge is 0.255 e. The summed E-state index contributed by atoms with van der Waals surface area (Å²) >= 11 is 0. The van der Waals surface area contributed by atoms with Crippen LogP contribution in [0.1, 0.15) is 12.8 Å². The van der Waals surface area contributed by atoms with Gasteiger partial charge in [0.15, 0.2) is 0 Å². The molecule has 2 aromatic rings. The van der Waals surface area contributed by atoms with Gasteiger partial charge in [-0.3, -0.25) is 9.69 Å². The molecule has 9 nitrogen and oxygen atoms in total. The molecule has 0 aliphatic carbocycles. The van der Waals surface area contributed by atoms with Crippen molar-refractivity contribution >= 4 is 17.5 Å². The zero-order chi connectivity index (χ0) is 23.8. The van der Waals surface area contributed by atoms with Gasteiger partial charge in [-0.2, -0.15) is 9.37 Å². The summed E-state index contributed by atoms with van der Waals surface area (Å²) in [6.45, 7) is 9.27. The molecule has 3 heterocycles. The lowest BCUT2D eigenvalue weighted by molar-refractivity contribution is -0.128. The Bertz CT molecular complexity index is 986. The Balaban J connectivity index is 1.34. The normalized spacial score (nSPS) is 18.9. The fourth-order valence-corrected chi connectivity index (χ4v) is 3.93. The molecular weight excluding hydrogens is 441 g/mol. The summed E-state index contributed by atoms with van der Waals surface area (Å²) in [5, 5.41) is 3.07. The van der Waals surface area contributed by atoms with Gasteiger partial charge in [-0.15, -0.1) is 0 Å². The Hall–Kier alpha value is -3.24. The van der Waals surface area contributed by atoms with Crippen LogP contribution >= 0.6 is 0 Å². The number of ether oxygens (including phenoxy) is 3. The second-order valence-corrected chi connectivity index (χ2v) is 8.17. The summed E-state index contributed by atoms with van der Waals surface area (Å²) < 4.78 is 31.4. The topological polar surface area (TPSA) is 89.1 Å². The maximum atomic E-state index is 14.3. The Morgan fingerprint density at radius 1 is 1.32 bits per heavy atom. The number of hydrogen-bond acceptors (Lipinski definition) is 8. The van der Waals surface area contributed by atoms with Crippen molar-refractivity contribution in [1.29, 1.82) is 0 Å². The molecule has 2 aliphatic heterocycles. The molecule has 34 heavy (non-hydrogen) atoms. The van der Waals surface area contributed by atoms with Crippen molar-refractivity contribution in [2.45, 2.75) is 18.9 Å². The number of carbonyl (C=O) groups excluding carboxylic acids is 1. The average molecular weight is 472 g/mol. The lowest BCUT2D eigenvalue weighted by Crippen LogP contribution is -2.43. The van der Waals surface area contributed by atoms with E-state index < -0.39 is 5.82 Å². The largest absolute Gasteiger partial charge is 0.492 e. The van der Waals surface area contributed by atoms with E-state index in [-0.39, 0.29) is 23.8 Å². The molecule has 1 aromatic heterocycles. The summed E-state index contributed by atoms with van der Waals surface area (Å²) in [4.78, 5) is 24.1. The number of likely N-dealkylation sites (tertiary alicyclic amines) is 1. The molecule has 1 N–H and O–H groups in total. The molecule has 182 valence electrons. The molecule has 10 heteroatoms. The predicted octanol–water partition coefficient (Wildman–Crippen LogP) is 2.63. The minimum absolute atomic E-state index is 0.145. The zero-order valence-electron chi connectivity index (χ0n) is 19.1. The van der Waals surface area contributed by atoms with E-state index in [1.807, 2.05) is 24.3 Å². The van der Waals surface area contributed by atoms with Crippen LogP contribution in [-0.2, 0) is 9.53 Å². The predicted molar refractivity (Wildman–Crippen MR) is 125 cm³/mol. The van der Waals surface area contributed by atoms with Crippen LogP contribution in [0, 0.1) is 5.82 Å². The first-order valence-electron chi connectivity index (χ1n) is 11.5. The van der Waals surface area contributed by atoms with E-state index in [4.69, 9.17) is 14.2 Å². The Morgan fingerprint density at radius 2 is 2.18 bits per heavy atom. The lowest BCUT2D eigenvalue weighted by Gasteiger charge is -2.32. The van der Waals surface area contributed by atoms with Crippen LogP contribution in [0.25, 0.3) is 0 Å². The highest BCUT2D eigenvalue weighted by Crippen LogP contribution is 2.24. The van der Waals surface area contributed by atoms with Crippen molar-refractivity contribution in [2.75, 3.05) is 57.9 Å². The molecule has 0 bridgehead atoms. The number of amides is 1. The van der Waals surface area contributed by atoms with E-state index in [9.17, 15) is 9.18 Å². The van der Waals surface area contributed by atoms with E-state index in [0.29, 0.717) is 37.6 Å². The van der Waals surface area contributed by atoms with Crippen molar-refractivity contribution in [3.05, 3.63) is 48.9 Å². The molecule has 4 rings (SSSR count). The monoisotopic (exact) mass is 471 g/mol. The Morgan fingerprint density at radius 3 is 3.00 bits per heavy atom.